The lowest BCUT2D eigenvalue weighted by molar-refractivity contribution is 0.143. The molecule has 3 atom stereocenters. The van der Waals surface area contributed by atoms with E-state index >= 15 is 0 Å². The van der Waals surface area contributed by atoms with E-state index in [1.54, 1.807) is 8.61 Å². The molecule has 0 aromatic heterocycles. The molecule has 0 spiro atoms. The number of rotatable bonds is 3. The molecule has 6 heteroatoms. The van der Waals surface area contributed by atoms with Gasteiger partial charge < -0.3 is 0 Å². The van der Waals surface area contributed by atoms with Crippen LogP contribution in [0.3, 0.4) is 0 Å². The molecule has 2 fully saturated rings. The third-order valence-electron chi connectivity index (χ3n) is 4.96. The fourth-order valence-electron chi connectivity index (χ4n) is 3.41. The van der Waals surface area contributed by atoms with E-state index in [1.807, 2.05) is 6.92 Å². The molecule has 0 aromatic rings. The van der Waals surface area contributed by atoms with Crippen LogP contribution in [-0.2, 0) is 10.2 Å². The monoisotopic (exact) mass is 322 g/mol. The maximum absolute atomic E-state index is 12.9. The fraction of sp³-hybridized carbons (Fsp3) is 1.00. The van der Waals surface area contributed by atoms with Crippen LogP contribution in [-0.4, -0.2) is 48.6 Å². The van der Waals surface area contributed by atoms with Gasteiger partial charge in [0.2, 0.25) is 0 Å². The highest BCUT2D eigenvalue weighted by atomic mass is 35.5. The SMILES string of the molecule is CC1CC(C)C(C)N(S(=O)(=O)N2CCC(CCl)CC2)C1. The van der Waals surface area contributed by atoms with Crippen LogP contribution in [0.5, 0.6) is 0 Å². The second-order valence-corrected chi connectivity index (χ2v) is 8.82. The molecular formula is C14H27ClN2O2S. The van der Waals surface area contributed by atoms with E-state index in [1.165, 1.54) is 0 Å². The highest BCUT2D eigenvalue weighted by molar-refractivity contribution is 7.86. The quantitative estimate of drug-likeness (QED) is 0.749. The summed E-state index contributed by atoms with van der Waals surface area (Å²) in [5.41, 5.74) is 0. The Morgan fingerprint density at radius 2 is 1.75 bits per heavy atom. The lowest BCUT2D eigenvalue weighted by atomic mass is 9.88. The molecule has 0 N–H and O–H groups in total. The van der Waals surface area contributed by atoms with E-state index in [0.717, 1.165) is 19.3 Å². The second-order valence-electron chi connectivity index (χ2n) is 6.63. The van der Waals surface area contributed by atoms with Gasteiger partial charge >= 0.3 is 0 Å². The summed E-state index contributed by atoms with van der Waals surface area (Å²) in [6.07, 6.45) is 2.88. The molecule has 0 aliphatic carbocycles. The molecular weight excluding hydrogens is 296 g/mol. The van der Waals surface area contributed by atoms with Crippen LogP contribution >= 0.6 is 11.6 Å². The Morgan fingerprint density at radius 3 is 2.30 bits per heavy atom. The normalized spacial score (nSPS) is 35.3. The van der Waals surface area contributed by atoms with Crippen molar-refractivity contribution in [3.05, 3.63) is 0 Å². The maximum atomic E-state index is 12.9. The number of halogens is 1. The topological polar surface area (TPSA) is 40.6 Å². The summed E-state index contributed by atoms with van der Waals surface area (Å²) in [6.45, 7) is 8.23. The Bertz CT molecular complexity index is 421. The van der Waals surface area contributed by atoms with Crippen molar-refractivity contribution < 1.29 is 8.42 Å². The summed E-state index contributed by atoms with van der Waals surface area (Å²) in [5, 5.41) is 0. The smallest absolute Gasteiger partial charge is 0.195 e. The van der Waals surface area contributed by atoms with E-state index in [9.17, 15) is 8.42 Å². The van der Waals surface area contributed by atoms with E-state index in [0.29, 0.717) is 43.3 Å². The molecule has 3 unspecified atom stereocenters. The van der Waals surface area contributed by atoms with E-state index in [2.05, 4.69) is 13.8 Å². The van der Waals surface area contributed by atoms with Crippen LogP contribution in [0.15, 0.2) is 0 Å². The molecule has 2 heterocycles. The summed E-state index contributed by atoms with van der Waals surface area (Å²) in [5.74, 6) is 1.98. The predicted molar refractivity (Wildman–Crippen MR) is 83.0 cm³/mol. The Kier molecular flexibility index (Phi) is 5.38. The lowest BCUT2D eigenvalue weighted by Gasteiger charge is -2.43. The van der Waals surface area contributed by atoms with Crippen molar-refractivity contribution in [3.63, 3.8) is 0 Å². The number of piperidine rings is 2. The summed E-state index contributed by atoms with van der Waals surface area (Å²) in [4.78, 5) is 0. The minimum absolute atomic E-state index is 0.0990. The molecule has 0 saturated carbocycles. The summed E-state index contributed by atoms with van der Waals surface area (Å²) in [7, 11) is -3.31. The fourth-order valence-corrected chi connectivity index (χ4v) is 5.76. The molecule has 118 valence electrons. The number of hydrogen-bond donors (Lipinski definition) is 0. The Morgan fingerprint density at radius 1 is 1.15 bits per heavy atom. The first kappa shape index (κ1) is 16.5. The third-order valence-corrected chi connectivity index (χ3v) is 7.49. The highest BCUT2D eigenvalue weighted by Gasteiger charge is 2.40. The van der Waals surface area contributed by atoms with Crippen LogP contribution < -0.4 is 0 Å². The predicted octanol–water partition coefficient (Wildman–Crippen LogP) is 2.55. The van der Waals surface area contributed by atoms with Crippen molar-refractivity contribution in [2.45, 2.75) is 46.1 Å². The van der Waals surface area contributed by atoms with Crippen LogP contribution in [0.25, 0.3) is 0 Å². The second kappa shape index (κ2) is 6.51. The number of nitrogens with zero attached hydrogens (tertiary/aromatic N) is 2. The molecule has 2 aliphatic rings. The lowest BCUT2D eigenvalue weighted by Crippen LogP contribution is -2.55. The van der Waals surface area contributed by atoms with Gasteiger partial charge in [-0.3, -0.25) is 0 Å². The van der Waals surface area contributed by atoms with Gasteiger partial charge in [0.05, 0.1) is 0 Å². The van der Waals surface area contributed by atoms with Gasteiger partial charge in [-0.15, -0.1) is 11.6 Å². The zero-order valence-electron chi connectivity index (χ0n) is 12.8. The molecule has 0 amide bonds. The van der Waals surface area contributed by atoms with E-state index in [-0.39, 0.29) is 6.04 Å². The maximum Gasteiger partial charge on any atom is 0.282 e. The summed E-state index contributed by atoms with van der Waals surface area (Å²) in [6, 6.07) is 0.0990. The molecule has 0 radical (unpaired) electrons. The van der Waals surface area contributed by atoms with Crippen molar-refractivity contribution in [1.82, 2.24) is 8.61 Å². The number of hydrogen-bond acceptors (Lipinski definition) is 2. The zero-order chi connectivity index (χ0) is 14.9. The van der Waals surface area contributed by atoms with Gasteiger partial charge in [0.25, 0.3) is 10.2 Å². The van der Waals surface area contributed by atoms with Gasteiger partial charge in [-0.05, 0) is 43.9 Å². The average molecular weight is 323 g/mol. The van der Waals surface area contributed by atoms with Crippen LogP contribution in [0, 0.1) is 17.8 Å². The molecule has 2 aliphatic heterocycles. The first-order valence-corrected chi connectivity index (χ1v) is 9.62. The molecule has 0 bridgehead atoms. The van der Waals surface area contributed by atoms with Crippen molar-refractivity contribution in [3.8, 4) is 0 Å². The molecule has 4 nitrogen and oxygen atoms in total. The first-order valence-electron chi connectivity index (χ1n) is 7.69. The van der Waals surface area contributed by atoms with Crippen LogP contribution in [0.4, 0.5) is 0 Å². The molecule has 0 aromatic carbocycles. The molecule has 2 rings (SSSR count). The van der Waals surface area contributed by atoms with Gasteiger partial charge in [-0.1, -0.05) is 13.8 Å². The van der Waals surface area contributed by atoms with Gasteiger partial charge in [-0.2, -0.15) is 17.0 Å². The third kappa shape index (κ3) is 3.32. The summed E-state index contributed by atoms with van der Waals surface area (Å²) >= 11 is 5.87. The van der Waals surface area contributed by atoms with Crippen LogP contribution in [0.2, 0.25) is 0 Å². The molecule has 20 heavy (non-hydrogen) atoms. The van der Waals surface area contributed by atoms with Gasteiger partial charge in [0, 0.05) is 31.6 Å². The minimum atomic E-state index is -3.31. The largest absolute Gasteiger partial charge is 0.282 e. The Labute approximate surface area is 128 Å². The zero-order valence-corrected chi connectivity index (χ0v) is 14.3. The first-order chi connectivity index (χ1) is 9.36. The minimum Gasteiger partial charge on any atom is -0.195 e. The Balaban J connectivity index is 2.09. The van der Waals surface area contributed by atoms with Crippen LogP contribution in [0.1, 0.15) is 40.0 Å². The van der Waals surface area contributed by atoms with Crippen molar-refractivity contribution in [2.24, 2.45) is 17.8 Å². The van der Waals surface area contributed by atoms with Crippen molar-refractivity contribution in [1.29, 1.82) is 0 Å². The van der Waals surface area contributed by atoms with Gasteiger partial charge in [-0.25, -0.2) is 0 Å². The van der Waals surface area contributed by atoms with Crippen molar-refractivity contribution >= 4 is 21.8 Å². The standard InChI is InChI=1S/C14H27ClN2O2S/c1-11-8-12(2)13(3)17(10-11)20(18,19)16-6-4-14(9-15)5-7-16/h11-14H,4-10H2,1-3H3. The van der Waals surface area contributed by atoms with Crippen molar-refractivity contribution in [2.75, 3.05) is 25.5 Å². The highest BCUT2D eigenvalue weighted by Crippen LogP contribution is 2.31. The van der Waals surface area contributed by atoms with Gasteiger partial charge in [0.15, 0.2) is 0 Å². The van der Waals surface area contributed by atoms with E-state index < -0.39 is 10.2 Å². The molecule has 2 saturated heterocycles. The van der Waals surface area contributed by atoms with E-state index in [4.69, 9.17) is 11.6 Å². The Hall–Kier alpha value is 0.160. The van der Waals surface area contributed by atoms with Gasteiger partial charge in [0.1, 0.15) is 0 Å². The average Bonchev–Trinajstić information content (AvgIpc) is 2.42. The number of alkyl halides is 1. The summed E-state index contributed by atoms with van der Waals surface area (Å²) < 4.78 is 29.1.